The number of aryl methyl sites for hydroxylation is 2. The molecule has 0 aromatic carbocycles. The van der Waals surface area contributed by atoms with Gasteiger partial charge in [-0.05, 0) is 32.4 Å². The van der Waals surface area contributed by atoms with Crippen LogP contribution in [0.1, 0.15) is 31.9 Å². The van der Waals surface area contributed by atoms with Gasteiger partial charge in [-0.3, -0.25) is 10.1 Å². The predicted molar refractivity (Wildman–Crippen MR) is 73.4 cm³/mol. The Labute approximate surface area is 112 Å². The zero-order chi connectivity index (χ0) is 13.8. The highest BCUT2D eigenvalue weighted by Gasteiger charge is 2.28. The van der Waals surface area contributed by atoms with Crippen molar-refractivity contribution in [3.8, 4) is 0 Å². The largest absolute Gasteiger partial charge is 0.362 e. The average Bonchev–Trinajstić information content (AvgIpc) is 2.68. The standard InChI is InChI=1S/C12H21N5O2/c1-3-4-10-11(17(18)19)12(16(2)15-10)14-9-5-7-13-8-6-9/h9,13-14H,3-8H2,1-2H3. The van der Waals surface area contributed by atoms with Gasteiger partial charge in [0, 0.05) is 13.1 Å². The molecule has 1 aliphatic rings. The second-order valence-corrected chi connectivity index (χ2v) is 4.94. The highest BCUT2D eigenvalue weighted by Crippen LogP contribution is 2.30. The minimum Gasteiger partial charge on any atom is -0.362 e. The van der Waals surface area contributed by atoms with Gasteiger partial charge in [-0.1, -0.05) is 13.3 Å². The maximum absolute atomic E-state index is 11.3. The first-order chi connectivity index (χ1) is 9.13. The molecule has 0 spiro atoms. The van der Waals surface area contributed by atoms with Crippen molar-refractivity contribution in [1.82, 2.24) is 15.1 Å². The average molecular weight is 267 g/mol. The Hall–Kier alpha value is -1.63. The van der Waals surface area contributed by atoms with Gasteiger partial charge in [0.1, 0.15) is 5.69 Å². The van der Waals surface area contributed by atoms with Crippen molar-refractivity contribution in [2.24, 2.45) is 7.05 Å². The normalized spacial score (nSPS) is 16.5. The van der Waals surface area contributed by atoms with Crippen molar-refractivity contribution in [2.45, 2.75) is 38.6 Å². The lowest BCUT2D eigenvalue weighted by atomic mass is 10.1. The molecule has 7 heteroatoms. The fourth-order valence-electron chi connectivity index (χ4n) is 2.49. The summed E-state index contributed by atoms with van der Waals surface area (Å²) in [6.07, 6.45) is 3.44. The first-order valence-corrected chi connectivity index (χ1v) is 6.81. The van der Waals surface area contributed by atoms with Crippen LogP contribution in [0.5, 0.6) is 0 Å². The smallest absolute Gasteiger partial charge is 0.333 e. The topological polar surface area (TPSA) is 85.0 Å². The van der Waals surface area contributed by atoms with Crippen molar-refractivity contribution >= 4 is 11.5 Å². The third kappa shape index (κ3) is 3.04. The molecule has 0 aliphatic carbocycles. The van der Waals surface area contributed by atoms with Gasteiger partial charge in [-0.2, -0.15) is 5.10 Å². The Balaban J connectivity index is 2.24. The Bertz CT molecular complexity index is 451. The second-order valence-electron chi connectivity index (χ2n) is 4.94. The van der Waals surface area contributed by atoms with E-state index in [0.717, 1.165) is 32.4 Å². The number of aromatic nitrogens is 2. The Morgan fingerprint density at radius 2 is 2.21 bits per heavy atom. The molecule has 0 atom stereocenters. The van der Waals surface area contributed by atoms with Crippen molar-refractivity contribution in [1.29, 1.82) is 0 Å². The lowest BCUT2D eigenvalue weighted by Gasteiger charge is -2.24. The van der Waals surface area contributed by atoms with Gasteiger partial charge in [0.2, 0.25) is 5.82 Å². The van der Waals surface area contributed by atoms with Crippen LogP contribution < -0.4 is 10.6 Å². The van der Waals surface area contributed by atoms with E-state index >= 15 is 0 Å². The molecular weight excluding hydrogens is 246 g/mol. The summed E-state index contributed by atoms with van der Waals surface area (Å²) >= 11 is 0. The fourth-order valence-corrected chi connectivity index (χ4v) is 2.49. The highest BCUT2D eigenvalue weighted by molar-refractivity contribution is 5.60. The first kappa shape index (κ1) is 13.8. The Kier molecular flexibility index (Phi) is 4.36. The molecule has 106 valence electrons. The number of hydrogen-bond donors (Lipinski definition) is 2. The molecule has 0 saturated carbocycles. The SMILES string of the molecule is CCCc1nn(C)c(NC2CCNCC2)c1[N+](=O)[O-]. The monoisotopic (exact) mass is 267 g/mol. The van der Waals surface area contributed by atoms with Gasteiger partial charge in [-0.15, -0.1) is 0 Å². The predicted octanol–water partition coefficient (Wildman–Crippen LogP) is 1.44. The molecule has 0 amide bonds. The molecule has 1 aliphatic heterocycles. The second kappa shape index (κ2) is 6.01. The summed E-state index contributed by atoms with van der Waals surface area (Å²) < 4.78 is 1.60. The molecule has 2 rings (SSSR count). The van der Waals surface area contributed by atoms with Crippen LogP contribution in [0, 0.1) is 10.1 Å². The fraction of sp³-hybridized carbons (Fsp3) is 0.750. The summed E-state index contributed by atoms with van der Waals surface area (Å²) in [4.78, 5) is 11.0. The number of nitro groups is 1. The van der Waals surface area contributed by atoms with Gasteiger partial charge in [0.15, 0.2) is 0 Å². The summed E-state index contributed by atoms with van der Waals surface area (Å²) in [5.41, 5.74) is 0.717. The summed E-state index contributed by atoms with van der Waals surface area (Å²) in [7, 11) is 1.76. The number of rotatable bonds is 5. The minimum absolute atomic E-state index is 0.142. The van der Waals surface area contributed by atoms with Gasteiger partial charge < -0.3 is 10.6 Å². The van der Waals surface area contributed by atoms with Gasteiger partial charge >= 0.3 is 5.69 Å². The molecule has 2 heterocycles. The zero-order valence-electron chi connectivity index (χ0n) is 11.5. The maximum Gasteiger partial charge on any atom is 0.333 e. The van der Waals surface area contributed by atoms with Gasteiger partial charge in [-0.25, -0.2) is 4.68 Å². The molecule has 1 aromatic heterocycles. The van der Waals surface area contributed by atoms with E-state index < -0.39 is 0 Å². The van der Waals surface area contributed by atoms with E-state index in [1.165, 1.54) is 0 Å². The van der Waals surface area contributed by atoms with Gasteiger partial charge in [0.25, 0.3) is 0 Å². The summed E-state index contributed by atoms with van der Waals surface area (Å²) in [5.74, 6) is 0.542. The molecular formula is C12H21N5O2. The molecule has 2 N–H and O–H groups in total. The lowest BCUT2D eigenvalue weighted by molar-refractivity contribution is -0.384. The Morgan fingerprint density at radius 3 is 2.79 bits per heavy atom. The van der Waals surface area contributed by atoms with Crippen molar-refractivity contribution in [2.75, 3.05) is 18.4 Å². The lowest BCUT2D eigenvalue weighted by Crippen LogP contribution is -2.35. The number of piperidine rings is 1. The van der Waals surface area contributed by atoms with E-state index in [2.05, 4.69) is 15.7 Å². The van der Waals surface area contributed by atoms with Crippen molar-refractivity contribution in [3.63, 3.8) is 0 Å². The summed E-state index contributed by atoms with van der Waals surface area (Å²) in [6.45, 7) is 3.90. The van der Waals surface area contributed by atoms with Crippen LogP contribution in [0.15, 0.2) is 0 Å². The van der Waals surface area contributed by atoms with E-state index in [-0.39, 0.29) is 16.7 Å². The zero-order valence-corrected chi connectivity index (χ0v) is 11.5. The number of hydrogen-bond acceptors (Lipinski definition) is 5. The van der Waals surface area contributed by atoms with Crippen LogP contribution >= 0.6 is 0 Å². The van der Waals surface area contributed by atoms with E-state index in [0.29, 0.717) is 17.9 Å². The number of nitrogens with zero attached hydrogens (tertiary/aromatic N) is 3. The molecule has 1 fully saturated rings. The number of nitrogens with one attached hydrogen (secondary N) is 2. The van der Waals surface area contributed by atoms with Crippen LogP contribution in [0.25, 0.3) is 0 Å². The quantitative estimate of drug-likeness (QED) is 0.623. The van der Waals surface area contributed by atoms with Gasteiger partial charge in [0.05, 0.1) is 4.92 Å². The van der Waals surface area contributed by atoms with Crippen LogP contribution in [-0.2, 0) is 13.5 Å². The van der Waals surface area contributed by atoms with E-state index in [9.17, 15) is 10.1 Å². The molecule has 0 radical (unpaired) electrons. The molecule has 1 saturated heterocycles. The van der Waals surface area contributed by atoms with Crippen LogP contribution in [0.2, 0.25) is 0 Å². The third-order valence-corrected chi connectivity index (χ3v) is 3.44. The molecule has 1 aromatic rings. The minimum atomic E-state index is -0.318. The highest BCUT2D eigenvalue weighted by atomic mass is 16.6. The molecule has 0 unspecified atom stereocenters. The van der Waals surface area contributed by atoms with Crippen LogP contribution in [-0.4, -0.2) is 33.8 Å². The van der Waals surface area contributed by atoms with Crippen molar-refractivity contribution < 1.29 is 4.92 Å². The van der Waals surface area contributed by atoms with Crippen molar-refractivity contribution in [3.05, 3.63) is 15.8 Å². The van der Waals surface area contributed by atoms with Crippen LogP contribution in [0.4, 0.5) is 11.5 Å². The third-order valence-electron chi connectivity index (χ3n) is 3.44. The van der Waals surface area contributed by atoms with E-state index in [1.54, 1.807) is 11.7 Å². The van der Waals surface area contributed by atoms with Crippen LogP contribution in [0.3, 0.4) is 0 Å². The molecule has 19 heavy (non-hydrogen) atoms. The first-order valence-electron chi connectivity index (χ1n) is 6.81. The molecule has 0 bridgehead atoms. The summed E-state index contributed by atoms with van der Waals surface area (Å²) in [5, 5.41) is 22.1. The number of anilines is 1. The molecule has 7 nitrogen and oxygen atoms in total. The van der Waals surface area contributed by atoms with E-state index in [4.69, 9.17) is 0 Å². The summed E-state index contributed by atoms with van der Waals surface area (Å²) in [6, 6.07) is 0.282. The Morgan fingerprint density at radius 1 is 1.53 bits per heavy atom. The maximum atomic E-state index is 11.3. The van der Waals surface area contributed by atoms with E-state index in [1.807, 2.05) is 6.92 Å².